The molecule has 0 radical (unpaired) electrons. The van der Waals surface area contributed by atoms with Crippen molar-refractivity contribution in [2.24, 2.45) is 0 Å². The van der Waals surface area contributed by atoms with E-state index >= 15 is 0 Å². The van der Waals surface area contributed by atoms with Crippen LogP contribution >= 0.6 is 0 Å². The van der Waals surface area contributed by atoms with Crippen LogP contribution in [-0.2, 0) is 11.3 Å². The highest BCUT2D eigenvalue weighted by atomic mass is 16.6. The van der Waals surface area contributed by atoms with Crippen LogP contribution in [-0.4, -0.2) is 75.4 Å². The summed E-state index contributed by atoms with van der Waals surface area (Å²) in [6.45, 7) is 9.57. The fourth-order valence-corrected chi connectivity index (χ4v) is 4.11. The van der Waals surface area contributed by atoms with Gasteiger partial charge in [-0.15, -0.1) is 0 Å². The SMILES string of the molecule is CC(Nc1nccc(N2C(=O)OCC2(C)C)n1)c1ccc(CN2CCN(C(=O)O)CC2)cc1. The van der Waals surface area contributed by atoms with Gasteiger partial charge in [0.1, 0.15) is 12.4 Å². The minimum Gasteiger partial charge on any atom is -0.465 e. The second kappa shape index (κ2) is 9.22. The predicted octanol–water partition coefficient (Wildman–Crippen LogP) is 3.18. The van der Waals surface area contributed by atoms with E-state index in [0.29, 0.717) is 31.5 Å². The summed E-state index contributed by atoms with van der Waals surface area (Å²) in [5, 5.41) is 12.4. The number of benzene rings is 1. The van der Waals surface area contributed by atoms with Crippen molar-refractivity contribution in [3.63, 3.8) is 0 Å². The molecule has 2 saturated heterocycles. The highest BCUT2D eigenvalue weighted by molar-refractivity contribution is 5.90. The van der Waals surface area contributed by atoms with Gasteiger partial charge in [0.2, 0.25) is 5.95 Å². The third kappa shape index (κ3) is 5.16. The van der Waals surface area contributed by atoms with E-state index in [-0.39, 0.29) is 6.04 Å². The molecule has 2 aromatic rings. The zero-order chi connectivity index (χ0) is 23.6. The van der Waals surface area contributed by atoms with Crippen molar-refractivity contribution in [1.29, 1.82) is 0 Å². The summed E-state index contributed by atoms with van der Waals surface area (Å²) in [6, 6.07) is 10.0. The minimum atomic E-state index is -0.848. The van der Waals surface area contributed by atoms with Gasteiger partial charge >= 0.3 is 12.2 Å². The third-order valence-electron chi connectivity index (χ3n) is 6.08. The van der Waals surface area contributed by atoms with Gasteiger partial charge in [-0.25, -0.2) is 14.6 Å². The van der Waals surface area contributed by atoms with Crippen LogP contribution in [0.15, 0.2) is 36.5 Å². The van der Waals surface area contributed by atoms with Crippen LogP contribution in [0.1, 0.15) is 37.9 Å². The number of aromatic nitrogens is 2. The molecule has 2 aliphatic heterocycles. The van der Waals surface area contributed by atoms with Crippen molar-refractivity contribution in [3.05, 3.63) is 47.7 Å². The van der Waals surface area contributed by atoms with E-state index in [1.165, 1.54) is 10.5 Å². The summed E-state index contributed by atoms with van der Waals surface area (Å²) in [5.74, 6) is 0.946. The van der Waals surface area contributed by atoms with Crippen LogP contribution < -0.4 is 10.2 Å². The molecule has 4 rings (SSSR count). The van der Waals surface area contributed by atoms with Gasteiger partial charge in [0.25, 0.3) is 0 Å². The second-order valence-corrected chi connectivity index (χ2v) is 9.09. The number of hydrogen-bond donors (Lipinski definition) is 2. The first-order valence-corrected chi connectivity index (χ1v) is 11.1. The van der Waals surface area contributed by atoms with Gasteiger partial charge < -0.3 is 20.1 Å². The molecule has 1 aromatic carbocycles. The fourth-order valence-electron chi connectivity index (χ4n) is 4.11. The normalized spacial score (nSPS) is 19.3. The standard InChI is InChI=1S/C23H30N6O4/c1-16(25-20-24-9-8-19(26-20)29-22(32)33-15-23(29,2)3)18-6-4-17(5-7-18)14-27-10-12-28(13-11-27)21(30)31/h4-9,16H,10-15H2,1-3H3,(H,30,31)(H,24,25,26). The number of amides is 2. The van der Waals surface area contributed by atoms with Crippen LogP contribution in [0.25, 0.3) is 0 Å². The Kier molecular flexibility index (Phi) is 6.37. The molecule has 10 heteroatoms. The van der Waals surface area contributed by atoms with Gasteiger partial charge in [-0.3, -0.25) is 9.80 Å². The summed E-state index contributed by atoms with van der Waals surface area (Å²) < 4.78 is 5.18. The summed E-state index contributed by atoms with van der Waals surface area (Å²) >= 11 is 0. The molecule has 2 fully saturated rings. The number of anilines is 2. The average Bonchev–Trinajstić information content (AvgIpc) is 3.07. The number of carboxylic acid groups (broad SMARTS) is 1. The Balaban J connectivity index is 1.36. The first-order chi connectivity index (χ1) is 15.7. The Labute approximate surface area is 193 Å². The van der Waals surface area contributed by atoms with Gasteiger partial charge in [-0.05, 0) is 38.0 Å². The molecule has 0 saturated carbocycles. The van der Waals surface area contributed by atoms with Gasteiger partial charge in [-0.1, -0.05) is 24.3 Å². The summed E-state index contributed by atoms with van der Waals surface area (Å²) in [4.78, 5) is 37.3. The number of carbonyl (C=O) groups is 2. The molecule has 2 amide bonds. The van der Waals surface area contributed by atoms with Crippen LogP contribution in [0, 0.1) is 0 Å². The van der Waals surface area contributed by atoms with E-state index in [2.05, 4.69) is 44.5 Å². The van der Waals surface area contributed by atoms with Crippen LogP contribution in [0.2, 0.25) is 0 Å². The average molecular weight is 455 g/mol. The van der Waals surface area contributed by atoms with Gasteiger partial charge in [0.15, 0.2) is 0 Å². The number of hydrogen-bond acceptors (Lipinski definition) is 7. The molecule has 2 aliphatic rings. The predicted molar refractivity (Wildman–Crippen MR) is 123 cm³/mol. The van der Waals surface area contributed by atoms with Gasteiger partial charge in [-0.2, -0.15) is 4.98 Å². The molecule has 33 heavy (non-hydrogen) atoms. The number of rotatable bonds is 6. The van der Waals surface area contributed by atoms with E-state index in [1.54, 1.807) is 17.2 Å². The van der Waals surface area contributed by atoms with E-state index in [4.69, 9.17) is 9.84 Å². The molecule has 1 unspecified atom stereocenters. The molecular formula is C23H30N6O4. The zero-order valence-electron chi connectivity index (χ0n) is 19.2. The molecule has 2 N–H and O–H groups in total. The molecule has 1 aromatic heterocycles. The lowest BCUT2D eigenvalue weighted by Gasteiger charge is -2.33. The lowest BCUT2D eigenvalue weighted by atomic mass is 10.1. The molecule has 176 valence electrons. The molecule has 0 bridgehead atoms. The largest absolute Gasteiger partial charge is 0.465 e. The Morgan fingerprint density at radius 1 is 1.18 bits per heavy atom. The lowest BCUT2D eigenvalue weighted by Crippen LogP contribution is -2.47. The van der Waals surface area contributed by atoms with Crippen molar-refractivity contribution in [1.82, 2.24) is 19.8 Å². The van der Waals surface area contributed by atoms with Crippen molar-refractivity contribution in [2.45, 2.75) is 38.9 Å². The van der Waals surface area contributed by atoms with Crippen molar-refractivity contribution in [2.75, 3.05) is 43.0 Å². The molecular weight excluding hydrogens is 424 g/mol. The Hall–Kier alpha value is -3.40. The maximum atomic E-state index is 12.2. The highest BCUT2D eigenvalue weighted by Gasteiger charge is 2.41. The van der Waals surface area contributed by atoms with E-state index < -0.39 is 17.7 Å². The van der Waals surface area contributed by atoms with Gasteiger partial charge in [0, 0.05) is 38.9 Å². The Morgan fingerprint density at radius 3 is 2.48 bits per heavy atom. The van der Waals surface area contributed by atoms with Crippen molar-refractivity contribution < 1.29 is 19.4 Å². The van der Waals surface area contributed by atoms with Crippen LogP contribution in [0.4, 0.5) is 21.4 Å². The fraction of sp³-hybridized carbons (Fsp3) is 0.478. The van der Waals surface area contributed by atoms with Crippen molar-refractivity contribution >= 4 is 24.0 Å². The summed E-state index contributed by atoms with van der Waals surface area (Å²) in [6.07, 6.45) is 0.378. The number of ether oxygens (including phenoxy) is 1. The minimum absolute atomic E-state index is 0.0352. The Morgan fingerprint density at radius 2 is 1.88 bits per heavy atom. The molecule has 0 spiro atoms. The van der Waals surface area contributed by atoms with Crippen LogP contribution in [0.5, 0.6) is 0 Å². The Bertz CT molecular complexity index is 1000. The lowest BCUT2D eigenvalue weighted by molar-refractivity contribution is 0.103. The maximum Gasteiger partial charge on any atom is 0.416 e. The molecule has 3 heterocycles. The first kappa shape index (κ1) is 22.8. The molecule has 10 nitrogen and oxygen atoms in total. The quantitative estimate of drug-likeness (QED) is 0.685. The monoisotopic (exact) mass is 454 g/mol. The summed E-state index contributed by atoms with van der Waals surface area (Å²) in [7, 11) is 0. The number of cyclic esters (lactones) is 1. The number of nitrogens with one attached hydrogen (secondary N) is 1. The topological polar surface area (TPSA) is 111 Å². The second-order valence-electron chi connectivity index (χ2n) is 9.09. The molecule has 1 atom stereocenters. The van der Waals surface area contributed by atoms with Gasteiger partial charge in [0.05, 0.1) is 11.6 Å². The number of nitrogens with zero attached hydrogens (tertiary/aromatic N) is 5. The van der Waals surface area contributed by atoms with E-state index in [9.17, 15) is 9.59 Å². The smallest absolute Gasteiger partial charge is 0.416 e. The van der Waals surface area contributed by atoms with E-state index in [1.807, 2.05) is 20.8 Å². The van der Waals surface area contributed by atoms with Crippen molar-refractivity contribution in [3.8, 4) is 0 Å². The molecule has 0 aliphatic carbocycles. The van der Waals surface area contributed by atoms with Crippen LogP contribution in [0.3, 0.4) is 0 Å². The number of carbonyl (C=O) groups excluding carboxylic acids is 1. The summed E-state index contributed by atoms with van der Waals surface area (Å²) in [5.41, 5.74) is 1.80. The van der Waals surface area contributed by atoms with E-state index in [0.717, 1.165) is 25.2 Å². The maximum absolute atomic E-state index is 12.2. The third-order valence-corrected chi connectivity index (χ3v) is 6.08. The number of piperazine rings is 1. The highest BCUT2D eigenvalue weighted by Crippen LogP contribution is 2.29. The first-order valence-electron chi connectivity index (χ1n) is 11.1. The zero-order valence-corrected chi connectivity index (χ0v) is 19.2.